The summed E-state index contributed by atoms with van der Waals surface area (Å²) < 4.78 is 21.2. The fourth-order valence-corrected chi connectivity index (χ4v) is 6.33. The molecule has 0 fully saturated rings. The van der Waals surface area contributed by atoms with Gasteiger partial charge in [-0.3, -0.25) is 4.57 Å². The molecule has 0 aromatic heterocycles. The number of nitriles is 1. The maximum atomic E-state index is 12.6. The van der Waals surface area contributed by atoms with E-state index in [1.165, 1.54) is 17.2 Å². The summed E-state index contributed by atoms with van der Waals surface area (Å²) in [5, 5.41) is 9.69. The Morgan fingerprint density at radius 1 is 0.636 bits per heavy atom. The van der Waals surface area contributed by atoms with Gasteiger partial charge >= 0.3 is 13.6 Å². The number of carbonyl (C=O) groups excluding carboxylic acids is 1. The molecular weight excluding hydrogens is 707 g/mol. The zero-order valence-corrected chi connectivity index (χ0v) is 33.2. The second kappa shape index (κ2) is 17.5. The highest BCUT2D eigenvalue weighted by atomic mass is 31.2. The minimum Gasteiger partial charge on any atom is -0.459 e. The molecule has 5 aromatic rings. The molecular formula is C46H49N2O6P. The van der Waals surface area contributed by atoms with Crippen molar-refractivity contribution in [1.82, 2.24) is 0 Å². The van der Waals surface area contributed by atoms with Gasteiger partial charge in [-0.2, -0.15) is 5.26 Å². The predicted molar refractivity (Wildman–Crippen MR) is 222 cm³/mol. The SMILES string of the molecule is CC(C)(C)c1ccc(-c2ccc(N(c3ccc(/C=C(\C#N)C(=O)OCCOCCP(=O)(O)O)cc3)c3ccc(-c4ccc(C(C)(C)C)cc4)cc3)cc2)cc1. The molecule has 0 bridgehead atoms. The molecule has 2 N–H and O–H groups in total. The lowest BCUT2D eigenvalue weighted by Gasteiger charge is -2.26. The van der Waals surface area contributed by atoms with E-state index in [0.29, 0.717) is 5.56 Å². The molecule has 0 saturated heterocycles. The standard InChI is InChI=1S/C46H49N2O6P/c1-45(2,3)39-17-9-34(10-18-39)36-13-23-42(24-14-36)48(43-25-15-37(16-26-43)35-11-19-40(20-12-35)46(4,5)6)41-21-7-33(8-22-41)31-38(32-47)44(49)54-28-27-53-29-30-55(50,51)52/h7-26,31H,27-30H2,1-6H3,(H2,50,51,52)/b38-31+. The number of benzene rings is 5. The summed E-state index contributed by atoms with van der Waals surface area (Å²) >= 11 is 0. The maximum absolute atomic E-state index is 12.6. The monoisotopic (exact) mass is 756 g/mol. The highest BCUT2D eigenvalue weighted by Gasteiger charge is 2.18. The number of hydrogen-bond acceptors (Lipinski definition) is 6. The first kappa shape index (κ1) is 40.9. The van der Waals surface area contributed by atoms with Gasteiger partial charge in [0.05, 0.1) is 19.4 Å². The zero-order chi connectivity index (χ0) is 39.8. The fraction of sp³-hybridized carbons (Fsp3) is 0.261. The van der Waals surface area contributed by atoms with Crippen molar-refractivity contribution in [3.8, 4) is 28.3 Å². The van der Waals surface area contributed by atoms with Crippen LogP contribution in [-0.4, -0.2) is 41.7 Å². The molecule has 5 rings (SSSR count). The zero-order valence-electron chi connectivity index (χ0n) is 32.3. The molecule has 0 aliphatic heterocycles. The van der Waals surface area contributed by atoms with Crippen molar-refractivity contribution in [2.45, 2.75) is 52.4 Å². The Labute approximate surface area is 324 Å². The second-order valence-corrected chi connectivity index (χ2v) is 17.3. The molecule has 55 heavy (non-hydrogen) atoms. The number of ether oxygens (including phenoxy) is 2. The molecule has 0 heterocycles. The van der Waals surface area contributed by atoms with Crippen molar-refractivity contribution in [2.75, 3.05) is 30.9 Å². The lowest BCUT2D eigenvalue weighted by molar-refractivity contribution is -0.139. The molecule has 0 unspecified atom stereocenters. The van der Waals surface area contributed by atoms with E-state index in [4.69, 9.17) is 19.3 Å². The van der Waals surface area contributed by atoms with Crippen molar-refractivity contribution in [3.05, 3.63) is 144 Å². The summed E-state index contributed by atoms with van der Waals surface area (Å²) in [6.45, 7) is 12.9. The lowest BCUT2D eigenvalue weighted by Crippen LogP contribution is -2.13. The van der Waals surface area contributed by atoms with Crippen LogP contribution in [0, 0.1) is 11.3 Å². The van der Waals surface area contributed by atoms with Crippen LogP contribution in [0.15, 0.2) is 127 Å². The molecule has 0 aliphatic rings. The summed E-state index contributed by atoms with van der Waals surface area (Å²) in [7, 11) is -4.17. The number of carbonyl (C=O) groups is 1. The van der Waals surface area contributed by atoms with Gasteiger partial charge in [-0.05, 0) is 92.2 Å². The van der Waals surface area contributed by atoms with Gasteiger partial charge in [0, 0.05) is 17.1 Å². The third-order valence-corrected chi connectivity index (χ3v) is 9.98. The molecule has 0 amide bonds. The van der Waals surface area contributed by atoms with Gasteiger partial charge < -0.3 is 24.2 Å². The highest BCUT2D eigenvalue weighted by Crippen LogP contribution is 2.38. The van der Waals surface area contributed by atoms with E-state index in [0.717, 1.165) is 39.3 Å². The van der Waals surface area contributed by atoms with Crippen molar-refractivity contribution >= 4 is 36.7 Å². The Balaban J connectivity index is 1.39. The van der Waals surface area contributed by atoms with Gasteiger partial charge in [0.2, 0.25) is 0 Å². The number of nitrogens with zero attached hydrogens (tertiary/aromatic N) is 2. The van der Waals surface area contributed by atoms with Gasteiger partial charge in [-0.1, -0.05) is 126 Å². The van der Waals surface area contributed by atoms with Crippen LogP contribution >= 0.6 is 7.60 Å². The smallest absolute Gasteiger partial charge is 0.348 e. The largest absolute Gasteiger partial charge is 0.459 e. The van der Waals surface area contributed by atoms with E-state index in [-0.39, 0.29) is 36.2 Å². The summed E-state index contributed by atoms with van der Waals surface area (Å²) in [5.74, 6) is -0.812. The molecule has 0 spiro atoms. The van der Waals surface area contributed by atoms with Crippen LogP contribution in [0.4, 0.5) is 17.1 Å². The summed E-state index contributed by atoms with van der Waals surface area (Å²) in [6, 6.07) is 43.9. The third-order valence-electron chi connectivity index (χ3n) is 9.21. The van der Waals surface area contributed by atoms with Gasteiger partial charge in [-0.15, -0.1) is 0 Å². The molecule has 5 aromatic carbocycles. The van der Waals surface area contributed by atoms with E-state index >= 15 is 0 Å². The lowest BCUT2D eigenvalue weighted by atomic mass is 9.86. The number of anilines is 3. The van der Waals surface area contributed by atoms with Crippen LogP contribution in [0.3, 0.4) is 0 Å². The van der Waals surface area contributed by atoms with E-state index in [9.17, 15) is 14.6 Å². The van der Waals surface area contributed by atoms with Crippen LogP contribution in [0.25, 0.3) is 28.3 Å². The maximum Gasteiger partial charge on any atom is 0.348 e. The molecule has 0 saturated carbocycles. The Hall–Kier alpha value is -5.29. The number of hydrogen-bond donors (Lipinski definition) is 2. The van der Waals surface area contributed by atoms with Crippen LogP contribution in [0.2, 0.25) is 0 Å². The molecule has 0 atom stereocenters. The Bertz CT molecular complexity index is 2070. The van der Waals surface area contributed by atoms with E-state index in [1.54, 1.807) is 0 Å². The van der Waals surface area contributed by atoms with E-state index in [1.807, 2.05) is 30.3 Å². The quantitative estimate of drug-likeness (QED) is 0.0401. The van der Waals surface area contributed by atoms with Gasteiger partial charge in [0.1, 0.15) is 18.2 Å². The summed E-state index contributed by atoms with van der Waals surface area (Å²) in [5.41, 5.74) is 10.5. The normalized spacial score (nSPS) is 12.2. The van der Waals surface area contributed by atoms with Crippen LogP contribution in [0.5, 0.6) is 0 Å². The fourth-order valence-electron chi connectivity index (χ4n) is 5.96. The highest BCUT2D eigenvalue weighted by molar-refractivity contribution is 7.51. The minimum atomic E-state index is -4.17. The van der Waals surface area contributed by atoms with Crippen LogP contribution in [-0.2, 0) is 29.7 Å². The summed E-state index contributed by atoms with van der Waals surface area (Å²) in [6.07, 6.45) is 1.04. The van der Waals surface area contributed by atoms with Crippen molar-refractivity contribution in [1.29, 1.82) is 5.26 Å². The van der Waals surface area contributed by atoms with Crippen LogP contribution < -0.4 is 4.90 Å². The van der Waals surface area contributed by atoms with Gasteiger partial charge in [0.25, 0.3) is 0 Å². The molecule has 284 valence electrons. The first-order valence-electron chi connectivity index (χ1n) is 18.3. The van der Waals surface area contributed by atoms with E-state index < -0.39 is 19.7 Å². The summed E-state index contributed by atoms with van der Waals surface area (Å²) in [4.78, 5) is 32.6. The topological polar surface area (TPSA) is 120 Å². The number of rotatable bonds is 13. The molecule has 8 nitrogen and oxygen atoms in total. The Kier molecular flexibility index (Phi) is 13.0. The van der Waals surface area contributed by atoms with Crippen molar-refractivity contribution in [2.24, 2.45) is 0 Å². The van der Waals surface area contributed by atoms with Crippen molar-refractivity contribution in [3.63, 3.8) is 0 Å². The minimum absolute atomic E-state index is 0.0517. The average molecular weight is 757 g/mol. The second-order valence-electron chi connectivity index (χ2n) is 15.5. The van der Waals surface area contributed by atoms with Gasteiger partial charge in [-0.25, -0.2) is 4.79 Å². The third kappa shape index (κ3) is 11.4. The molecule has 0 aliphatic carbocycles. The molecule has 9 heteroatoms. The average Bonchev–Trinajstić information content (AvgIpc) is 3.15. The molecule has 0 radical (unpaired) electrons. The van der Waals surface area contributed by atoms with E-state index in [2.05, 4.69) is 144 Å². The Morgan fingerprint density at radius 2 is 1.02 bits per heavy atom. The van der Waals surface area contributed by atoms with Crippen molar-refractivity contribution < 1.29 is 28.6 Å². The Morgan fingerprint density at radius 3 is 1.38 bits per heavy atom. The first-order valence-corrected chi connectivity index (χ1v) is 20.0. The predicted octanol–water partition coefficient (Wildman–Crippen LogP) is 10.7. The number of esters is 1. The van der Waals surface area contributed by atoms with Crippen LogP contribution in [0.1, 0.15) is 58.2 Å². The first-order chi connectivity index (χ1) is 26.0. The van der Waals surface area contributed by atoms with Gasteiger partial charge in [0.15, 0.2) is 0 Å².